The normalized spacial score (nSPS) is 19.8. The third-order valence-electron chi connectivity index (χ3n) is 6.96. The lowest BCUT2D eigenvalue weighted by Crippen LogP contribution is -2.53. The van der Waals surface area contributed by atoms with E-state index in [0.717, 1.165) is 47.6 Å². The summed E-state index contributed by atoms with van der Waals surface area (Å²) < 4.78 is 33.8. The van der Waals surface area contributed by atoms with Crippen molar-refractivity contribution in [3.05, 3.63) is 53.1 Å². The van der Waals surface area contributed by atoms with Crippen molar-refractivity contribution in [1.29, 1.82) is 0 Å². The number of carbonyl (C=O) groups excluding carboxylic acids is 1. The molecule has 2 saturated heterocycles. The van der Waals surface area contributed by atoms with E-state index >= 15 is 0 Å². The fraction of sp³-hybridized carbons (Fsp3) is 0.500. The van der Waals surface area contributed by atoms with Crippen LogP contribution in [-0.4, -0.2) is 69.9 Å². The predicted octanol–water partition coefficient (Wildman–Crippen LogP) is 3.37. The summed E-state index contributed by atoms with van der Waals surface area (Å²) in [6.07, 6.45) is 1.43. The predicted molar refractivity (Wildman–Crippen MR) is 134 cm³/mol. The summed E-state index contributed by atoms with van der Waals surface area (Å²) in [5, 5.41) is 0. The Bertz CT molecular complexity index is 1120. The Morgan fingerprint density at radius 2 is 1.56 bits per heavy atom. The molecule has 0 radical (unpaired) electrons. The fourth-order valence-corrected chi connectivity index (χ4v) is 7.24. The quantitative estimate of drug-likeness (QED) is 0.650. The van der Waals surface area contributed by atoms with Gasteiger partial charge in [-0.1, -0.05) is 17.7 Å². The molecule has 2 aliphatic rings. The van der Waals surface area contributed by atoms with Crippen molar-refractivity contribution in [2.75, 3.05) is 51.3 Å². The number of piperazine rings is 1. The second-order valence-electron chi connectivity index (χ2n) is 9.44. The molecule has 8 heteroatoms. The van der Waals surface area contributed by atoms with Crippen LogP contribution in [0, 0.1) is 26.7 Å². The number of nitrogens with zero attached hydrogens (tertiary/aromatic N) is 3. The molecule has 184 valence electrons. The molecule has 2 fully saturated rings. The Kier molecular flexibility index (Phi) is 7.19. The molecular weight excluding hydrogens is 450 g/mol. The number of ether oxygens (including phenoxy) is 1. The summed E-state index contributed by atoms with van der Waals surface area (Å²) >= 11 is 0. The van der Waals surface area contributed by atoms with Gasteiger partial charge in [-0.15, -0.1) is 0 Å². The van der Waals surface area contributed by atoms with Crippen molar-refractivity contribution in [3.63, 3.8) is 0 Å². The van der Waals surface area contributed by atoms with Crippen molar-refractivity contribution >= 4 is 21.6 Å². The summed E-state index contributed by atoms with van der Waals surface area (Å²) in [5.74, 6) is 0.610. The van der Waals surface area contributed by atoms with Crippen LogP contribution in [0.4, 0.5) is 5.69 Å². The highest BCUT2D eigenvalue weighted by atomic mass is 32.2. The van der Waals surface area contributed by atoms with Gasteiger partial charge in [0.1, 0.15) is 5.75 Å². The zero-order valence-electron chi connectivity index (χ0n) is 20.6. The second-order valence-corrected chi connectivity index (χ2v) is 11.3. The van der Waals surface area contributed by atoms with Crippen LogP contribution < -0.4 is 9.64 Å². The van der Waals surface area contributed by atoms with Crippen LogP contribution in [0.15, 0.2) is 41.3 Å². The summed E-state index contributed by atoms with van der Waals surface area (Å²) in [4.78, 5) is 17.9. The first-order valence-electron chi connectivity index (χ1n) is 12.0. The van der Waals surface area contributed by atoms with Crippen LogP contribution in [0.3, 0.4) is 0 Å². The van der Waals surface area contributed by atoms with Crippen LogP contribution in [0.5, 0.6) is 5.75 Å². The highest BCUT2D eigenvalue weighted by Gasteiger charge is 2.37. The van der Waals surface area contributed by atoms with Gasteiger partial charge in [-0.2, -0.15) is 4.31 Å². The van der Waals surface area contributed by atoms with E-state index in [2.05, 4.69) is 4.90 Å². The molecule has 0 N–H and O–H groups in total. The number of aryl methyl sites for hydroxylation is 3. The van der Waals surface area contributed by atoms with E-state index in [1.807, 2.05) is 62.1 Å². The van der Waals surface area contributed by atoms with Gasteiger partial charge in [0.15, 0.2) is 0 Å². The van der Waals surface area contributed by atoms with E-state index in [-0.39, 0.29) is 18.4 Å². The number of hydrogen-bond donors (Lipinski definition) is 0. The first-order valence-corrected chi connectivity index (χ1v) is 13.4. The molecule has 2 aliphatic heterocycles. The zero-order valence-corrected chi connectivity index (χ0v) is 21.4. The minimum atomic E-state index is -3.64. The number of anilines is 1. The molecule has 0 spiro atoms. The van der Waals surface area contributed by atoms with Crippen LogP contribution >= 0.6 is 0 Å². The number of sulfonamides is 1. The number of hydrogen-bond acceptors (Lipinski definition) is 5. The Morgan fingerprint density at radius 1 is 0.941 bits per heavy atom. The molecule has 1 amide bonds. The topological polar surface area (TPSA) is 70.2 Å². The van der Waals surface area contributed by atoms with E-state index in [0.29, 0.717) is 31.0 Å². The lowest BCUT2D eigenvalue weighted by molar-refractivity contribution is -0.137. The number of benzene rings is 2. The second kappa shape index (κ2) is 9.96. The lowest BCUT2D eigenvalue weighted by Gasteiger charge is -2.39. The maximum absolute atomic E-state index is 13.5. The van der Waals surface area contributed by atoms with Crippen LogP contribution in [0.2, 0.25) is 0 Å². The van der Waals surface area contributed by atoms with Crippen LogP contribution in [-0.2, 0) is 14.8 Å². The van der Waals surface area contributed by atoms with E-state index in [4.69, 9.17) is 4.74 Å². The molecule has 34 heavy (non-hydrogen) atoms. The Labute approximate surface area is 203 Å². The lowest BCUT2D eigenvalue weighted by atomic mass is 9.97. The standard InChI is InChI=1S/C26H35N3O4S/c1-19-16-20(2)25(21(3)17-19)34(31,32)29-11-5-6-22(18-29)26(30)28-14-12-27(13-15-28)23-7-9-24(33-4)10-8-23/h7-10,16-17,22H,5-6,11-15,18H2,1-4H3/t22-/m1/s1. The summed E-state index contributed by atoms with van der Waals surface area (Å²) in [5.41, 5.74) is 3.70. The van der Waals surface area contributed by atoms with Gasteiger partial charge in [-0.3, -0.25) is 4.79 Å². The molecule has 2 heterocycles. The molecular formula is C26H35N3O4S. The number of amides is 1. The van der Waals surface area contributed by atoms with Gasteiger partial charge in [0, 0.05) is 45.0 Å². The van der Waals surface area contributed by atoms with Gasteiger partial charge in [-0.05, 0) is 69.0 Å². The SMILES string of the molecule is COc1ccc(N2CCN(C(=O)[C@@H]3CCCN(S(=O)(=O)c4c(C)cc(C)cc4C)C3)CC2)cc1. The largest absolute Gasteiger partial charge is 0.497 e. The molecule has 0 unspecified atom stereocenters. The van der Waals surface area contributed by atoms with Gasteiger partial charge in [0.2, 0.25) is 15.9 Å². The Morgan fingerprint density at radius 3 is 2.15 bits per heavy atom. The van der Waals surface area contributed by atoms with Crippen molar-refractivity contribution in [1.82, 2.24) is 9.21 Å². The average molecular weight is 486 g/mol. The van der Waals surface area contributed by atoms with Crippen molar-refractivity contribution < 1.29 is 17.9 Å². The monoisotopic (exact) mass is 485 g/mol. The van der Waals surface area contributed by atoms with E-state index in [1.165, 1.54) is 4.31 Å². The Hall–Kier alpha value is -2.58. The molecule has 0 saturated carbocycles. The minimum Gasteiger partial charge on any atom is -0.497 e. The van der Waals surface area contributed by atoms with E-state index < -0.39 is 10.0 Å². The summed E-state index contributed by atoms with van der Waals surface area (Å²) in [7, 11) is -1.99. The van der Waals surface area contributed by atoms with Gasteiger partial charge >= 0.3 is 0 Å². The number of methoxy groups -OCH3 is 1. The molecule has 2 aromatic carbocycles. The van der Waals surface area contributed by atoms with Gasteiger partial charge in [-0.25, -0.2) is 8.42 Å². The molecule has 4 rings (SSSR count). The maximum atomic E-state index is 13.5. The third-order valence-corrected chi connectivity index (χ3v) is 9.14. The van der Waals surface area contributed by atoms with E-state index in [1.54, 1.807) is 7.11 Å². The van der Waals surface area contributed by atoms with Crippen molar-refractivity contribution in [2.24, 2.45) is 5.92 Å². The number of carbonyl (C=O) groups is 1. The zero-order chi connectivity index (χ0) is 24.5. The van der Waals surface area contributed by atoms with Gasteiger partial charge < -0.3 is 14.5 Å². The van der Waals surface area contributed by atoms with E-state index in [9.17, 15) is 13.2 Å². The highest BCUT2D eigenvalue weighted by molar-refractivity contribution is 7.89. The average Bonchev–Trinajstić information content (AvgIpc) is 2.83. The van der Waals surface area contributed by atoms with Crippen LogP contribution in [0.25, 0.3) is 0 Å². The van der Waals surface area contributed by atoms with Crippen molar-refractivity contribution in [2.45, 2.75) is 38.5 Å². The summed E-state index contributed by atoms with van der Waals surface area (Å²) in [6.45, 7) is 9.19. The molecule has 0 aromatic heterocycles. The maximum Gasteiger partial charge on any atom is 0.243 e. The molecule has 7 nitrogen and oxygen atoms in total. The van der Waals surface area contributed by atoms with Gasteiger partial charge in [0.05, 0.1) is 17.9 Å². The van der Waals surface area contributed by atoms with Gasteiger partial charge in [0.25, 0.3) is 0 Å². The number of piperidine rings is 1. The molecule has 2 aromatic rings. The third kappa shape index (κ3) is 4.93. The number of rotatable bonds is 5. The van der Waals surface area contributed by atoms with Crippen LogP contribution in [0.1, 0.15) is 29.5 Å². The first-order chi connectivity index (χ1) is 16.2. The molecule has 1 atom stereocenters. The Balaban J connectivity index is 1.41. The molecule has 0 bridgehead atoms. The highest BCUT2D eigenvalue weighted by Crippen LogP contribution is 2.30. The fourth-order valence-electron chi connectivity index (χ4n) is 5.30. The smallest absolute Gasteiger partial charge is 0.243 e. The minimum absolute atomic E-state index is 0.0756. The summed E-state index contributed by atoms with van der Waals surface area (Å²) in [6, 6.07) is 11.8. The first kappa shape index (κ1) is 24.5. The molecule has 0 aliphatic carbocycles. The van der Waals surface area contributed by atoms with Crippen molar-refractivity contribution in [3.8, 4) is 5.75 Å².